The van der Waals surface area contributed by atoms with E-state index in [0.717, 1.165) is 18.0 Å². The second-order valence-electron chi connectivity index (χ2n) is 7.25. The maximum absolute atomic E-state index is 12.6. The molecule has 0 saturated heterocycles. The van der Waals surface area contributed by atoms with Crippen molar-refractivity contribution in [2.45, 2.75) is 45.0 Å². The lowest BCUT2D eigenvalue weighted by atomic mass is 10.2. The standard InChI is InChI=1S/C24H30N4O4S/c1-6-17-8-10-18(11-9-17)32-16(3)23-26-27-24(28(23)7-2)33-15-22(29)25-20-14-19(30-4)12-13-21(20)31-5/h8-14,16H,6-7,15H2,1-5H3,(H,25,29). The molecule has 0 fully saturated rings. The molecule has 0 aliphatic heterocycles. The summed E-state index contributed by atoms with van der Waals surface area (Å²) in [6.45, 7) is 6.74. The van der Waals surface area contributed by atoms with Gasteiger partial charge < -0.3 is 24.1 Å². The van der Waals surface area contributed by atoms with Gasteiger partial charge in [-0.1, -0.05) is 30.8 Å². The van der Waals surface area contributed by atoms with E-state index >= 15 is 0 Å². The van der Waals surface area contributed by atoms with Gasteiger partial charge in [-0.3, -0.25) is 4.79 Å². The topological polar surface area (TPSA) is 87.5 Å². The number of anilines is 1. The summed E-state index contributed by atoms with van der Waals surface area (Å²) >= 11 is 1.32. The minimum atomic E-state index is -0.283. The largest absolute Gasteiger partial charge is 0.497 e. The Kier molecular flexibility index (Phi) is 8.59. The monoisotopic (exact) mass is 470 g/mol. The van der Waals surface area contributed by atoms with Gasteiger partial charge in [0.25, 0.3) is 0 Å². The molecular weight excluding hydrogens is 440 g/mol. The third-order valence-corrected chi connectivity index (χ3v) is 6.05. The quantitative estimate of drug-likeness (QED) is 0.405. The van der Waals surface area contributed by atoms with Crippen LogP contribution >= 0.6 is 11.8 Å². The smallest absolute Gasteiger partial charge is 0.234 e. The summed E-state index contributed by atoms with van der Waals surface area (Å²) in [7, 11) is 3.13. The number of thioether (sulfide) groups is 1. The Morgan fingerprint density at radius 1 is 1.06 bits per heavy atom. The minimum Gasteiger partial charge on any atom is -0.497 e. The lowest BCUT2D eigenvalue weighted by molar-refractivity contribution is -0.113. The van der Waals surface area contributed by atoms with Gasteiger partial charge in [-0.2, -0.15) is 0 Å². The fraction of sp³-hybridized carbons (Fsp3) is 0.375. The van der Waals surface area contributed by atoms with Crippen molar-refractivity contribution in [3.63, 3.8) is 0 Å². The van der Waals surface area contributed by atoms with E-state index in [0.29, 0.717) is 28.9 Å². The van der Waals surface area contributed by atoms with Crippen LogP contribution in [0.2, 0.25) is 0 Å². The summed E-state index contributed by atoms with van der Waals surface area (Å²) in [4.78, 5) is 12.6. The van der Waals surface area contributed by atoms with Gasteiger partial charge in [0, 0.05) is 12.6 Å². The normalized spacial score (nSPS) is 11.7. The van der Waals surface area contributed by atoms with E-state index in [1.807, 2.05) is 30.5 Å². The number of nitrogens with zero attached hydrogens (tertiary/aromatic N) is 3. The SMILES string of the molecule is CCc1ccc(OC(C)c2nnc(SCC(=O)Nc3cc(OC)ccc3OC)n2CC)cc1. The van der Waals surface area contributed by atoms with Gasteiger partial charge >= 0.3 is 0 Å². The maximum atomic E-state index is 12.6. The first-order valence-electron chi connectivity index (χ1n) is 10.8. The lowest BCUT2D eigenvalue weighted by Crippen LogP contribution is -2.16. The Morgan fingerprint density at radius 2 is 1.79 bits per heavy atom. The zero-order valence-electron chi connectivity index (χ0n) is 19.6. The summed E-state index contributed by atoms with van der Waals surface area (Å²) in [6, 6.07) is 13.3. The molecule has 0 aliphatic rings. The fourth-order valence-electron chi connectivity index (χ4n) is 3.29. The summed E-state index contributed by atoms with van der Waals surface area (Å²) in [5.41, 5.74) is 1.81. The highest BCUT2D eigenvalue weighted by molar-refractivity contribution is 7.99. The lowest BCUT2D eigenvalue weighted by Gasteiger charge is -2.16. The Balaban J connectivity index is 1.64. The van der Waals surface area contributed by atoms with Crippen molar-refractivity contribution in [1.82, 2.24) is 14.8 Å². The number of benzene rings is 2. The molecule has 1 amide bonds. The van der Waals surface area contributed by atoms with Crippen molar-refractivity contribution in [3.05, 3.63) is 53.9 Å². The van der Waals surface area contributed by atoms with Gasteiger partial charge in [-0.15, -0.1) is 10.2 Å². The highest BCUT2D eigenvalue weighted by Crippen LogP contribution is 2.30. The Morgan fingerprint density at radius 3 is 2.42 bits per heavy atom. The van der Waals surface area contributed by atoms with E-state index in [1.165, 1.54) is 17.3 Å². The molecule has 8 nitrogen and oxygen atoms in total. The number of carbonyl (C=O) groups is 1. The van der Waals surface area contributed by atoms with Crippen LogP contribution in [0.1, 0.15) is 38.3 Å². The molecule has 0 radical (unpaired) electrons. The van der Waals surface area contributed by atoms with E-state index in [4.69, 9.17) is 14.2 Å². The van der Waals surface area contributed by atoms with Gasteiger partial charge in [0.15, 0.2) is 17.1 Å². The molecule has 1 unspecified atom stereocenters. The van der Waals surface area contributed by atoms with Gasteiger partial charge in [0.1, 0.15) is 17.2 Å². The van der Waals surface area contributed by atoms with Crippen LogP contribution in [0.15, 0.2) is 47.6 Å². The number of hydrogen-bond donors (Lipinski definition) is 1. The Hall–Kier alpha value is -3.20. The number of rotatable bonds is 11. The summed E-state index contributed by atoms with van der Waals surface area (Å²) in [5.74, 6) is 2.69. The van der Waals surface area contributed by atoms with Crippen LogP contribution in [-0.4, -0.2) is 40.6 Å². The first kappa shape index (κ1) is 24.4. The van der Waals surface area contributed by atoms with Crippen LogP contribution in [0, 0.1) is 0 Å². The van der Waals surface area contributed by atoms with Gasteiger partial charge in [-0.25, -0.2) is 0 Å². The molecule has 0 saturated carbocycles. The number of ether oxygens (including phenoxy) is 3. The number of aryl methyl sites for hydroxylation is 1. The van der Waals surface area contributed by atoms with Crippen LogP contribution in [0.5, 0.6) is 17.2 Å². The van der Waals surface area contributed by atoms with Gasteiger partial charge in [-0.05, 0) is 50.1 Å². The molecule has 0 spiro atoms. The second kappa shape index (κ2) is 11.6. The molecule has 3 aromatic rings. The summed E-state index contributed by atoms with van der Waals surface area (Å²) < 4.78 is 18.6. The van der Waals surface area contributed by atoms with E-state index in [1.54, 1.807) is 32.4 Å². The van der Waals surface area contributed by atoms with Gasteiger partial charge in [0.2, 0.25) is 5.91 Å². The van der Waals surface area contributed by atoms with Gasteiger partial charge in [0.05, 0.1) is 25.7 Å². The number of nitrogens with one attached hydrogen (secondary N) is 1. The zero-order valence-corrected chi connectivity index (χ0v) is 20.4. The van der Waals surface area contributed by atoms with E-state index < -0.39 is 0 Å². The molecule has 1 heterocycles. The van der Waals surface area contributed by atoms with Crippen molar-refractivity contribution in [1.29, 1.82) is 0 Å². The molecule has 9 heteroatoms. The molecule has 0 aliphatic carbocycles. The molecule has 33 heavy (non-hydrogen) atoms. The van der Waals surface area contributed by atoms with Crippen molar-refractivity contribution in [2.24, 2.45) is 0 Å². The molecule has 3 rings (SSSR count). The first-order valence-corrected chi connectivity index (χ1v) is 11.8. The summed E-state index contributed by atoms with van der Waals surface area (Å²) in [6.07, 6.45) is 0.702. The van der Waals surface area contributed by atoms with Crippen LogP contribution in [0.3, 0.4) is 0 Å². The average Bonchev–Trinajstić information content (AvgIpc) is 3.26. The van der Waals surface area contributed by atoms with Crippen LogP contribution in [0.25, 0.3) is 0 Å². The van der Waals surface area contributed by atoms with Crippen molar-refractivity contribution in [3.8, 4) is 17.2 Å². The third kappa shape index (κ3) is 6.19. The summed E-state index contributed by atoms with van der Waals surface area (Å²) in [5, 5.41) is 12.1. The molecule has 1 N–H and O–H groups in total. The van der Waals surface area contributed by atoms with E-state index in [-0.39, 0.29) is 17.8 Å². The molecule has 176 valence electrons. The Bertz CT molecular complexity index is 1070. The van der Waals surface area contributed by atoms with Crippen molar-refractivity contribution in [2.75, 3.05) is 25.3 Å². The fourth-order valence-corrected chi connectivity index (χ4v) is 4.10. The number of carbonyl (C=O) groups excluding carboxylic acids is 1. The number of amides is 1. The first-order chi connectivity index (χ1) is 16.0. The van der Waals surface area contributed by atoms with Crippen molar-refractivity contribution >= 4 is 23.4 Å². The van der Waals surface area contributed by atoms with Crippen LogP contribution in [0.4, 0.5) is 5.69 Å². The van der Waals surface area contributed by atoms with E-state index in [9.17, 15) is 4.79 Å². The highest BCUT2D eigenvalue weighted by Gasteiger charge is 2.20. The van der Waals surface area contributed by atoms with E-state index in [2.05, 4.69) is 34.6 Å². The number of methoxy groups -OCH3 is 2. The Labute approximate surface area is 198 Å². The predicted molar refractivity (Wildman–Crippen MR) is 129 cm³/mol. The molecule has 1 aromatic heterocycles. The number of hydrogen-bond acceptors (Lipinski definition) is 7. The van der Waals surface area contributed by atoms with Crippen molar-refractivity contribution < 1.29 is 19.0 Å². The predicted octanol–water partition coefficient (Wildman–Crippen LogP) is 4.75. The minimum absolute atomic E-state index is 0.173. The third-order valence-electron chi connectivity index (χ3n) is 5.08. The average molecular weight is 471 g/mol. The number of aromatic nitrogens is 3. The molecular formula is C24H30N4O4S. The zero-order chi connectivity index (χ0) is 23.8. The second-order valence-corrected chi connectivity index (χ2v) is 8.19. The van der Waals surface area contributed by atoms with Crippen LogP contribution in [-0.2, 0) is 17.8 Å². The van der Waals surface area contributed by atoms with Crippen LogP contribution < -0.4 is 19.5 Å². The highest BCUT2D eigenvalue weighted by atomic mass is 32.2. The molecule has 1 atom stereocenters. The maximum Gasteiger partial charge on any atom is 0.234 e. The molecule has 2 aromatic carbocycles. The molecule has 0 bridgehead atoms.